The lowest BCUT2D eigenvalue weighted by Gasteiger charge is -2.13. The van der Waals surface area contributed by atoms with Gasteiger partial charge in [0.25, 0.3) is 0 Å². The van der Waals surface area contributed by atoms with Crippen LogP contribution < -0.4 is 10.6 Å². The van der Waals surface area contributed by atoms with Crippen LogP contribution >= 0.6 is 0 Å². The summed E-state index contributed by atoms with van der Waals surface area (Å²) in [5, 5.41) is 5.50. The fourth-order valence-electron chi connectivity index (χ4n) is 1.82. The van der Waals surface area contributed by atoms with Gasteiger partial charge in [-0.3, -0.25) is 4.79 Å². The monoisotopic (exact) mass is 238 g/mol. The van der Waals surface area contributed by atoms with Crippen LogP contribution in [0.2, 0.25) is 0 Å². The molecule has 0 aromatic carbocycles. The van der Waals surface area contributed by atoms with Crippen LogP contribution in [0.1, 0.15) is 17.8 Å². The molecule has 0 spiro atoms. The average molecular weight is 238 g/mol. The molecule has 6 heteroatoms. The highest BCUT2D eigenvalue weighted by Crippen LogP contribution is 2.11. The first-order valence-corrected chi connectivity index (χ1v) is 5.59. The van der Waals surface area contributed by atoms with Crippen LogP contribution in [-0.4, -0.2) is 34.6 Å². The number of aryl methyl sites for hydroxylation is 1. The van der Waals surface area contributed by atoms with Gasteiger partial charge >= 0.3 is 0 Å². The number of carbonyl (C=O) groups excluding carboxylic acids is 1. The van der Waals surface area contributed by atoms with E-state index in [1.165, 1.54) is 6.33 Å². The average Bonchev–Trinajstić information content (AvgIpc) is 2.72. The molecule has 2 atom stereocenters. The van der Waals surface area contributed by atoms with Crippen molar-refractivity contribution in [2.24, 2.45) is 0 Å². The summed E-state index contributed by atoms with van der Waals surface area (Å²) in [4.78, 5) is 19.6. The molecule has 2 unspecified atom stereocenters. The molecule has 0 saturated carbocycles. The minimum Gasteiger partial charge on any atom is -0.349 e. The molecular weight excluding hydrogens is 223 g/mol. The van der Waals surface area contributed by atoms with Crippen LogP contribution in [0.4, 0.5) is 4.39 Å². The second-order valence-electron chi connectivity index (χ2n) is 4.10. The Bertz CT molecular complexity index is 412. The Balaban J connectivity index is 1.88. The minimum atomic E-state index is -1.10. The molecular formula is C11H15FN4O. The second kappa shape index (κ2) is 5.18. The Labute approximate surface area is 98.8 Å². The van der Waals surface area contributed by atoms with E-state index in [0.29, 0.717) is 19.5 Å². The van der Waals surface area contributed by atoms with Gasteiger partial charge in [-0.25, -0.2) is 14.4 Å². The number of alkyl halides is 1. The molecule has 0 bridgehead atoms. The summed E-state index contributed by atoms with van der Waals surface area (Å²) in [5.41, 5.74) is 1.56. The van der Waals surface area contributed by atoms with Crippen LogP contribution in [0.25, 0.3) is 0 Å². The Morgan fingerprint density at radius 2 is 2.47 bits per heavy atom. The number of halogens is 1. The molecule has 17 heavy (non-hydrogen) atoms. The number of nitrogens with one attached hydrogen (secondary N) is 2. The number of nitrogens with zero attached hydrogens (tertiary/aromatic N) is 2. The van der Waals surface area contributed by atoms with E-state index in [-0.39, 0.29) is 5.91 Å². The van der Waals surface area contributed by atoms with Crippen molar-refractivity contribution in [3.05, 3.63) is 23.8 Å². The van der Waals surface area contributed by atoms with Gasteiger partial charge in [0.1, 0.15) is 18.5 Å². The molecule has 1 aromatic rings. The molecule has 0 aliphatic carbocycles. The molecule has 2 heterocycles. The maximum absolute atomic E-state index is 13.3. The highest BCUT2D eigenvalue weighted by Gasteiger charge is 2.32. The second-order valence-corrected chi connectivity index (χ2v) is 4.10. The molecule has 1 aliphatic heterocycles. The van der Waals surface area contributed by atoms with Crippen molar-refractivity contribution in [1.82, 2.24) is 20.6 Å². The Hall–Kier alpha value is -1.56. The lowest BCUT2D eigenvalue weighted by molar-refractivity contribution is -0.124. The molecule has 92 valence electrons. The summed E-state index contributed by atoms with van der Waals surface area (Å²) in [6.45, 7) is 2.70. The molecule has 1 saturated heterocycles. The predicted octanol–water partition coefficient (Wildman–Crippen LogP) is 0.101. The lowest BCUT2D eigenvalue weighted by Crippen LogP contribution is -2.44. The number of amides is 1. The van der Waals surface area contributed by atoms with Crippen molar-refractivity contribution in [2.75, 3.05) is 6.54 Å². The zero-order chi connectivity index (χ0) is 12.3. The third-order valence-corrected chi connectivity index (χ3v) is 2.73. The molecule has 2 N–H and O–H groups in total. The van der Waals surface area contributed by atoms with E-state index in [2.05, 4.69) is 20.6 Å². The van der Waals surface area contributed by atoms with Gasteiger partial charge in [-0.2, -0.15) is 0 Å². The smallest absolute Gasteiger partial charge is 0.240 e. The minimum absolute atomic E-state index is 0.299. The first-order valence-electron chi connectivity index (χ1n) is 5.59. The standard InChI is InChI=1S/C11H15FN4O/c1-7-4-8(16-6-15-7)5-14-11(17)10-9(12)2-3-13-10/h4,6,9-10,13H,2-3,5H2,1H3,(H,14,17). The molecule has 1 fully saturated rings. The summed E-state index contributed by atoms with van der Waals surface area (Å²) in [6.07, 6.45) is 0.745. The molecule has 2 rings (SSSR count). The van der Waals surface area contributed by atoms with E-state index in [0.717, 1.165) is 11.4 Å². The SMILES string of the molecule is Cc1cc(CNC(=O)C2NCCC2F)ncn1. The van der Waals surface area contributed by atoms with Gasteiger partial charge in [0.2, 0.25) is 5.91 Å². The molecule has 0 radical (unpaired) electrons. The third-order valence-electron chi connectivity index (χ3n) is 2.73. The van der Waals surface area contributed by atoms with Gasteiger partial charge in [-0.15, -0.1) is 0 Å². The normalized spacial score (nSPS) is 23.6. The third kappa shape index (κ3) is 2.97. The van der Waals surface area contributed by atoms with Gasteiger partial charge in [-0.1, -0.05) is 0 Å². The number of aromatic nitrogens is 2. The van der Waals surface area contributed by atoms with Crippen LogP contribution in [0, 0.1) is 6.92 Å². The van der Waals surface area contributed by atoms with E-state index in [1.54, 1.807) is 6.07 Å². The summed E-state index contributed by atoms with van der Waals surface area (Å²) in [6, 6.07) is 1.06. The first-order chi connectivity index (χ1) is 8.16. The van der Waals surface area contributed by atoms with Crippen molar-refractivity contribution in [2.45, 2.75) is 32.1 Å². The first kappa shape index (κ1) is 11.9. The molecule has 1 aromatic heterocycles. The molecule has 1 amide bonds. The predicted molar refractivity (Wildman–Crippen MR) is 59.9 cm³/mol. The van der Waals surface area contributed by atoms with Crippen LogP contribution in [0.15, 0.2) is 12.4 Å². The zero-order valence-electron chi connectivity index (χ0n) is 9.61. The van der Waals surface area contributed by atoms with E-state index in [1.807, 2.05) is 6.92 Å². The topological polar surface area (TPSA) is 66.9 Å². The molecule has 1 aliphatic rings. The quantitative estimate of drug-likeness (QED) is 0.784. The van der Waals surface area contributed by atoms with E-state index in [9.17, 15) is 9.18 Å². The largest absolute Gasteiger partial charge is 0.349 e. The van der Waals surface area contributed by atoms with Gasteiger partial charge in [0, 0.05) is 5.69 Å². The van der Waals surface area contributed by atoms with Gasteiger partial charge < -0.3 is 10.6 Å². The van der Waals surface area contributed by atoms with Crippen LogP contribution in [-0.2, 0) is 11.3 Å². The highest BCUT2D eigenvalue weighted by atomic mass is 19.1. The summed E-state index contributed by atoms with van der Waals surface area (Å²) < 4.78 is 13.3. The van der Waals surface area contributed by atoms with Crippen molar-refractivity contribution in [3.63, 3.8) is 0 Å². The van der Waals surface area contributed by atoms with Gasteiger partial charge in [-0.05, 0) is 26.0 Å². The lowest BCUT2D eigenvalue weighted by atomic mass is 10.2. The Kier molecular flexibility index (Phi) is 3.63. The maximum Gasteiger partial charge on any atom is 0.240 e. The highest BCUT2D eigenvalue weighted by molar-refractivity contribution is 5.82. The number of hydrogen-bond acceptors (Lipinski definition) is 4. The van der Waals surface area contributed by atoms with Gasteiger partial charge in [0.05, 0.1) is 12.2 Å². The maximum atomic E-state index is 13.3. The molecule has 5 nitrogen and oxygen atoms in total. The summed E-state index contributed by atoms with van der Waals surface area (Å²) >= 11 is 0. The fourth-order valence-corrected chi connectivity index (χ4v) is 1.82. The Morgan fingerprint density at radius 1 is 1.65 bits per heavy atom. The van der Waals surface area contributed by atoms with Crippen molar-refractivity contribution in [1.29, 1.82) is 0 Å². The van der Waals surface area contributed by atoms with E-state index >= 15 is 0 Å². The van der Waals surface area contributed by atoms with E-state index < -0.39 is 12.2 Å². The van der Waals surface area contributed by atoms with Crippen molar-refractivity contribution >= 4 is 5.91 Å². The number of rotatable bonds is 3. The number of hydrogen-bond donors (Lipinski definition) is 2. The van der Waals surface area contributed by atoms with Gasteiger partial charge in [0.15, 0.2) is 0 Å². The Morgan fingerprint density at radius 3 is 3.12 bits per heavy atom. The number of carbonyl (C=O) groups is 1. The summed E-state index contributed by atoms with van der Waals surface area (Å²) in [7, 11) is 0. The van der Waals surface area contributed by atoms with Crippen LogP contribution in [0.3, 0.4) is 0 Å². The van der Waals surface area contributed by atoms with Crippen molar-refractivity contribution in [3.8, 4) is 0 Å². The van der Waals surface area contributed by atoms with E-state index in [4.69, 9.17) is 0 Å². The summed E-state index contributed by atoms with van der Waals surface area (Å²) in [5.74, 6) is -0.314. The zero-order valence-corrected chi connectivity index (χ0v) is 9.61. The fraction of sp³-hybridized carbons (Fsp3) is 0.545. The van der Waals surface area contributed by atoms with Crippen LogP contribution in [0.5, 0.6) is 0 Å². The van der Waals surface area contributed by atoms with Crippen molar-refractivity contribution < 1.29 is 9.18 Å².